The Balaban J connectivity index is 1.53. The molecule has 31 heavy (non-hydrogen) atoms. The number of rotatable bonds is 9. The van der Waals surface area contributed by atoms with Crippen LogP contribution in [0.25, 0.3) is 0 Å². The first-order chi connectivity index (χ1) is 15.2. The minimum Gasteiger partial charge on any atom is -0.497 e. The van der Waals surface area contributed by atoms with Crippen LogP contribution in [0.3, 0.4) is 0 Å². The predicted octanol–water partition coefficient (Wildman–Crippen LogP) is 4.65. The van der Waals surface area contributed by atoms with Gasteiger partial charge in [0, 0.05) is 13.0 Å². The third kappa shape index (κ3) is 5.27. The van der Waals surface area contributed by atoms with Crippen LogP contribution in [0.5, 0.6) is 11.5 Å². The van der Waals surface area contributed by atoms with Gasteiger partial charge in [0.05, 0.1) is 7.11 Å². The molecule has 0 aliphatic carbocycles. The van der Waals surface area contributed by atoms with Crippen molar-refractivity contribution in [1.82, 2.24) is 4.90 Å². The summed E-state index contributed by atoms with van der Waals surface area (Å²) < 4.78 is 11.2. The van der Waals surface area contributed by atoms with Gasteiger partial charge in [-0.15, -0.1) is 0 Å². The van der Waals surface area contributed by atoms with E-state index in [0.29, 0.717) is 13.0 Å². The van der Waals surface area contributed by atoms with Gasteiger partial charge in [0.1, 0.15) is 23.7 Å². The smallest absolute Gasteiger partial charge is 0.119 e. The van der Waals surface area contributed by atoms with E-state index in [-0.39, 0.29) is 0 Å². The molecular formula is C27H31NO3. The summed E-state index contributed by atoms with van der Waals surface area (Å²) in [5.41, 5.74) is 1.60. The van der Waals surface area contributed by atoms with E-state index < -0.39 is 5.60 Å². The molecule has 0 radical (unpaired) electrons. The van der Waals surface area contributed by atoms with Crippen molar-refractivity contribution in [2.45, 2.75) is 24.9 Å². The summed E-state index contributed by atoms with van der Waals surface area (Å²) in [7, 11) is 1.65. The number of benzene rings is 3. The van der Waals surface area contributed by atoms with Gasteiger partial charge in [0.15, 0.2) is 0 Å². The van der Waals surface area contributed by atoms with Crippen LogP contribution < -0.4 is 9.47 Å². The van der Waals surface area contributed by atoms with E-state index in [9.17, 15) is 5.11 Å². The lowest BCUT2D eigenvalue weighted by molar-refractivity contribution is 0.0810. The van der Waals surface area contributed by atoms with Crippen LogP contribution in [0, 0.1) is 0 Å². The molecule has 162 valence electrons. The zero-order chi connectivity index (χ0) is 21.5. The molecule has 1 heterocycles. The van der Waals surface area contributed by atoms with Crippen molar-refractivity contribution in [3.8, 4) is 11.5 Å². The highest BCUT2D eigenvalue weighted by Gasteiger charge is 2.32. The maximum atomic E-state index is 11.9. The van der Waals surface area contributed by atoms with Gasteiger partial charge in [0.25, 0.3) is 0 Å². The first-order valence-electron chi connectivity index (χ1n) is 11.0. The van der Waals surface area contributed by atoms with Crippen molar-refractivity contribution in [2.24, 2.45) is 0 Å². The molecule has 0 aromatic heterocycles. The van der Waals surface area contributed by atoms with Gasteiger partial charge < -0.3 is 14.6 Å². The van der Waals surface area contributed by atoms with Gasteiger partial charge in [-0.05, 0) is 66.9 Å². The summed E-state index contributed by atoms with van der Waals surface area (Å²) in [6.07, 6.45) is 3.06. The molecule has 3 aromatic carbocycles. The quantitative estimate of drug-likeness (QED) is 0.550. The zero-order valence-electron chi connectivity index (χ0n) is 18.2. The van der Waals surface area contributed by atoms with E-state index >= 15 is 0 Å². The maximum absolute atomic E-state index is 11.9. The predicted molar refractivity (Wildman–Crippen MR) is 124 cm³/mol. The van der Waals surface area contributed by atoms with Crippen LogP contribution in [-0.2, 0) is 12.0 Å². The summed E-state index contributed by atoms with van der Waals surface area (Å²) >= 11 is 0. The summed E-state index contributed by atoms with van der Waals surface area (Å²) in [6, 6.07) is 25.6. The highest BCUT2D eigenvalue weighted by atomic mass is 16.5. The molecular weight excluding hydrogens is 386 g/mol. The van der Waals surface area contributed by atoms with Crippen LogP contribution in [0.2, 0.25) is 0 Å². The van der Waals surface area contributed by atoms with Crippen LogP contribution in [0.4, 0.5) is 0 Å². The highest BCUT2D eigenvalue weighted by Crippen LogP contribution is 2.35. The van der Waals surface area contributed by atoms with Crippen LogP contribution in [0.1, 0.15) is 29.5 Å². The number of likely N-dealkylation sites (tertiary alicyclic amines) is 1. The minimum atomic E-state index is -1.15. The minimum absolute atomic E-state index is 0.481. The van der Waals surface area contributed by atoms with Gasteiger partial charge >= 0.3 is 0 Å². The van der Waals surface area contributed by atoms with E-state index in [4.69, 9.17) is 9.47 Å². The lowest BCUT2D eigenvalue weighted by Crippen LogP contribution is -2.30. The fourth-order valence-electron chi connectivity index (χ4n) is 4.25. The maximum Gasteiger partial charge on any atom is 0.119 e. The molecule has 1 atom stereocenters. The molecule has 0 amide bonds. The summed E-state index contributed by atoms with van der Waals surface area (Å²) in [5, 5.41) is 11.9. The van der Waals surface area contributed by atoms with Crippen molar-refractivity contribution < 1.29 is 14.6 Å². The van der Waals surface area contributed by atoms with Crippen LogP contribution >= 0.6 is 0 Å². The van der Waals surface area contributed by atoms with E-state index in [1.807, 2.05) is 78.9 Å². The van der Waals surface area contributed by atoms with Crippen LogP contribution in [0.15, 0.2) is 78.9 Å². The largest absolute Gasteiger partial charge is 0.497 e. The monoisotopic (exact) mass is 417 g/mol. The van der Waals surface area contributed by atoms with E-state index in [0.717, 1.165) is 34.7 Å². The highest BCUT2D eigenvalue weighted by molar-refractivity contribution is 5.42. The number of methoxy groups -OCH3 is 1. The molecule has 0 spiro atoms. The van der Waals surface area contributed by atoms with E-state index in [2.05, 4.69) is 4.90 Å². The van der Waals surface area contributed by atoms with Gasteiger partial charge in [-0.2, -0.15) is 0 Å². The number of hydrogen-bond acceptors (Lipinski definition) is 4. The third-order valence-electron chi connectivity index (χ3n) is 6.08. The fourth-order valence-corrected chi connectivity index (χ4v) is 4.25. The first kappa shape index (κ1) is 21.4. The lowest BCUT2D eigenvalue weighted by atomic mass is 9.81. The Kier molecular flexibility index (Phi) is 6.90. The molecule has 4 nitrogen and oxygen atoms in total. The normalized spacial score (nSPS) is 16.1. The van der Waals surface area contributed by atoms with Gasteiger partial charge in [-0.1, -0.05) is 54.6 Å². The molecule has 4 rings (SSSR count). The SMILES string of the molecule is COc1ccc(C(O)(Cc2ccccc2)c2ccc(OCCN3CCCC3)cc2)cc1. The van der Waals surface area contributed by atoms with Gasteiger partial charge in [0.2, 0.25) is 0 Å². The molecule has 1 fully saturated rings. The number of ether oxygens (including phenoxy) is 2. The van der Waals surface area contributed by atoms with Crippen LogP contribution in [-0.4, -0.2) is 43.4 Å². The Morgan fingerprint density at radius 2 is 1.39 bits per heavy atom. The van der Waals surface area contributed by atoms with Gasteiger partial charge in [-0.25, -0.2) is 0 Å². The Morgan fingerprint density at radius 3 is 1.97 bits per heavy atom. The van der Waals surface area contributed by atoms with Crippen molar-refractivity contribution in [3.63, 3.8) is 0 Å². The molecule has 1 aliphatic rings. The molecule has 1 aliphatic heterocycles. The number of hydrogen-bond donors (Lipinski definition) is 1. The number of nitrogens with zero attached hydrogens (tertiary/aromatic N) is 1. The number of aliphatic hydroxyl groups is 1. The van der Waals surface area contributed by atoms with Crippen molar-refractivity contribution in [1.29, 1.82) is 0 Å². The van der Waals surface area contributed by atoms with Gasteiger partial charge in [-0.3, -0.25) is 4.90 Å². The Labute approximate surface area is 185 Å². The van der Waals surface area contributed by atoms with E-state index in [1.54, 1.807) is 7.11 Å². The Morgan fingerprint density at radius 1 is 0.806 bits per heavy atom. The third-order valence-corrected chi connectivity index (χ3v) is 6.08. The van der Waals surface area contributed by atoms with Crippen molar-refractivity contribution in [3.05, 3.63) is 95.6 Å². The molecule has 1 N–H and O–H groups in total. The van der Waals surface area contributed by atoms with E-state index in [1.165, 1.54) is 25.9 Å². The molecule has 1 saturated heterocycles. The second-order valence-corrected chi connectivity index (χ2v) is 8.17. The summed E-state index contributed by atoms with van der Waals surface area (Å²) in [4.78, 5) is 2.44. The fraction of sp³-hybridized carbons (Fsp3) is 0.333. The summed E-state index contributed by atoms with van der Waals surface area (Å²) in [5.74, 6) is 1.60. The first-order valence-corrected chi connectivity index (χ1v) is 11.0. The standard InChI is InChI=1S/C27H31NO3/c1-30-25-13-9-23(10-14-25)27(29,21-22-7-3-2-4-8-22)24-11-15-26(16-12-24)31-20-19-28-17-5-6-18-28/h2-4,7-16,29H,5-6,17-21H2,1H3. The van der Waals surface area contributed by atoms with Crippen molar-refractivity contribution in [2.75, 3.05) is 33.4 Å². The molecule has 0 saturated carbocycles. The lowest BCUT2D eigenvalue weighted by Gasteiger charge is -2.30. The average molecular weight is 418 g/mol. The second kappa shape index (κ2) is 9.99. The topological polar surface area (TPSA) is 41.9 Å². The molecule has 3 aromatic rings. The van der Waals surface area contributed by atoms with Crippen molar-refractivity contribution >= 4 is 0 Å². The average Bonchev–Trinajstić information content (AvgIpc) is 3.34. The zero-order valence-corrected chi connectivity index (χ0v) is 18.2. The Hall–Kier alpha value is -2.82. The molecule has 4 heteroatoms. The second-order valence-electron chi connectivity index (χ2n) is 8.17. The molecule has 1 unspecified atom stereocenters. The Bertz CT molecular complexity index is 934. The molecule has 0 bridgehead atoms. The summed E-state index contributed by atoms with van der Waals surface area (Å²) in [6.45, 7) is 4.00.